The van der Waals surface area contributed by atoms with Gasteiger partial charge >= 0.3 is 0 Å². The second kappa shape index (κ2) is 1.83. The zero-order valence-corrected chi connectivity index (χ0v) is 5.29. The molecular formula is C6H6N3O. The predicted octanol–water partition coefficient (Wildman–Crippen LogP) is -0.857. The van der Waals surface area contributed by atoms with Gasteiger partial charge in [-0.3, -0.25) is 4.79 Å². The van der Waals surface area contributed by atoms with E-state index in [2.05, 4.69) is 16.5 Å². The van der Waals surface area contributed by atoms with E-state index in [0.717, 1.165) is 18.8 Å². The van der Waals surface area contributed by atoms with Crippen LogP contribution in [0.5, 0.6) is 0 Å². The summed E-state index contributed by atoms with van der Waals surface area (Å²) in [7, 11) is 0. The molecule has 4 heteroatoms. The van der Waals surface area contributed by atoms with Crippen LogP contribution in [0.4, 0.5) is 0 Å². The van der Waals surface area contributed by atoms with Gasteiger partial charge in [0, 0.05) is 19.2 Å². The molecule has 0 saturated carbocycles. The lowest BCUT2D eigenvalue weighted by atomic mass is 10.4. The van der Waals surface area contributed by atoms with Gasteiger partial charge in [-0.1, -0.05) is 0 Å². The summed E-state index contributed by atoms with van der Waals surface area (Å²) in [5, 5.41) is 0. The van der Waals surface area contributed by atoms with Crippen molar-refractivity contribution in [2.24, 2.45) is 0 Å². The standard InChI is InChI=1S/C6H6N3O/c10-6-2-3-7-5-1-4-8-9(5)6/h3,8H,1,4H2. The van der Waals surface area contributed by atoms with E-state index in [1.54, 1.807) is 0 Å². The smallest absolute Gasteiger partial charge is 0.280 e. The van der Waals surface area contributed by atoms with Crippen LogP contribution in [0.25, 0.3) is 0 Å². The van der Waals surface area contributed by atoms with Crippen LogP contribution in [0.2, 0.25) is 0 Å². The molecule has 1 aliphatic rings. The highest BCUT2D eigenvalue weighted by molar-refractivity contribution is 5.02. The predicted molar refractivity (Wildman–Crippen MR) is 35.3 cm³/mol. The number of nitrogens with one attached hydrogen (secondary N) is 1. The Hall–Kier alpha value is -1.32. The van der Waals surface area contributed by atoms with E-state index in [9.17, 15) is 4.79 Å². The molecule has 4 nitrogen and oxygen atoms in total. The molecule has 1 aromatic rings. The van der Waals surface area contributed by atoms with E-state index < -0.39 is 0 Å². The molecule has 0 aromatic carbocycles. The fourth-order valence-corrected chi connectivity index (χ4v) is 1.02. The molecule has 2 rings (SSSR count). The normalized spacial score (nSPS) is 14.4. The molecule has 0 saturated heterocycles. The third kappa shape index (κ3) is 0.618. The first-order valence-corrected chi connectivity index (χ1v) is 3.10. The largest absolute Gasteiger partial charge is 0.321 e. The monoisotopic (exact) mass is 136 g/mol. The molecule has 0 aliphatic carbocycles. The van der Waals surface area contributed by atoms with Crippen molar-refractivity contribution in [1.82, 2.24) is 9.66 Å². The van der Waals surface area contributed by atoms with E-state index in [4.69, 9.17) is 0 Å². The minimum atomic E-state index is -0.150. The summed E-state index contributed by atoms with van der Waals surface area (Å²) in [6.07, 6.45) is 2.24. The lowest BCUT2D eigenvalue weighted by Crippen LogP contribution is -2.25. The molecule has 1 aliphatic heterocycles. The zero-order valence-electron chi connectivity index (χ0n) is 5.29. The van der Waals surface area contributed by atoms with E-state index >= 15 is 0 Å². The average molecular weight is 136 g/mol. The molecule has 1 N–H and O–H groups in total. The van der Waals surface area contributed by atoms with Crippen LogP contribution in [-0.2, 0) is 6.42 Å². The fourth-order valence-electron chi connectivity index (χ4n) is 1.02. The summed E-state index contributed by atoms with van der Waals surface area (Å²) in [4.78, 5) is 14.9. The SMILES string of the molecule is O=c1[c]cnc2n1NCC2. The van der Waals surface area contributed by atoms with E-state index in [1.807, 2.05) is 0 Å². The van der Waals surface area contributed by atoms with Crippen molar-refractivity contribution in [2.75, 3.05) is 12.0 Å². The van der Waals surface area contributed by atoms with Crippen LogP contribution >= 0.6 is 0 Å². The van der Waals surface area contributed by atoms with Crippen molar-refractivity contribution in [3.8, 4) is 0 Å². The number of hydrogen-bond acceptors (Lipinski definition) is 3. The summed E-state index contributed by atoms with van der Waals surface area (Å²) < 4.78 is 1.43. The van der Waals surface area contributed by atoms with Gasteiger partial charge in [0.05, 0.1) is 6.07 Å². The number of hydrogen-bond donors (Lipinski definition) is 1. The molecule has 0 spiro atoms. The van der Waals surface area contributed by atoms with Gasteiger partial charge in [0.15, 0.2) is 0 Å². The second-order valence-electron chi connectivity index (χ2n) is 2.12. The molecule has 10 heavy (non-hydrogen) atoms. The Morgan fingerprint density at radius 3 is 3.50 bits per heavy atom. The minimum absolute atomic E-state index is 0.150. The lowest BCUT2D eigenvalue weighted by molar-refractivity contribution is 0.838. The van der Waals surface area contributed by atoms with Gasteiger partial charge < -0.3 is 5.43 Å². The summed E-state index contributed by atoms with van der Waals surface area (Å²) in [5.41, 5.74) is 2.73. The van der Waals surface area contributed by atoms with Crippen LogP contribution < -0.4 is 11.0 Å². The molecule has 0 bridgehead atoms. The minimum Gasteiger partial charge on any atom is -0.321 e. The maximum Gasteiger partial charge on any atom is 0.280 e. The molecule has 0 unspecified atom stereocenters. The number of fused-ring (bicyclic) bond motifs is 1. The van der Waals surface area contributed by atoms with Crippen molar-refractivity contribution in [3.05, 3.63) is 28.4 Å². The topological polar surface area (TPSA) is 46.9 Å². The molecule has 1 radical (unpaired) electrons. The van der Waals surface area contributed by atoms with Gasteiger partial charge in [-0.05, 0) is 0 Å². The quantitative estimate of drug-likeness (QED) is 0.505. The molecule has 0 atom stereocenters. The van der Waals surface area contributed by atoms with Gasteiger partial charge in [0.1, 0.15) is 5.82 Å². The molecular weight excluding hydrogens is 130 g/mol. The van der Waals surface area contributed by atoms with Gasteiger partial charge in [-0.25, -0.2) is 9.66 Å². The Morgan fingerprint density at radius 2 is 2.70 bits per heavy atom. The van der Waals surface area contributed by atoms with Gasteiger partial charge in [0.25, 0.3) is 5.56 Å². The first-order valence-electron chi connectivity index (χ1n) is 3.10. The lowest BCUT2D eigenvalue weighted by Gasteiger charge is -1.98. The van der Waals surface area contributed by atoms with E-state index in [-0.39, 0.29) is 5.56 Å². The highest BCUT2D eigenvalue weighted by Crippen LogP contribution is 1.95. The summed E-state index contributed by atoms with van der Waals surface area (Å²) in [6, 6.07) is 2.47. The van der Waals surface area contributed by atoms with Crippen LogP contribution in [0.15, 0.2) is 11.0 Å². The van der Waals surface area contributed by atoms with Crippen LogP contribution in [-0.4, -0.2) is 16.2 Å². The van der Waals surface area contributed by atoms with Crippen molar-refractivity contribution in [3.63, 3.8) is 0 Å². The Kier molecular flexibility index (Phi) is 1.00. The summed E-state index contributed by atoms with van der Waals surface area (Å²) in [6.45, 7) is 0.792. The molecule has 0 amide bonds. The third-order valence-corrected chi connectivity index (χ3v) is 1.48. The Morgan fingerprint density at radius 1 is 1.80 bits per heavy atom. The summed E-state index contributed by atoms with van der Waals surface area (Å²) >= 11 is 0. The van der Waals surface area contributed by atoms with Crippen molar-refractivity contribution in [1.29, 1.82) is 0 Å². The Bertz CT molecular complexity index is 304. The van der Waals surface area contributed by atoms with Gasteiger partial charge in [-0.15, -0.1) is 0 Å². The maximum absolute atomic E-state index is 10.9. The second-order valence-corrected chi connectivity index (χ2v) is 2.12. The first-order chi connectivity index (χ1) is 4.88. The average Bonchev–Trinajstić information content (AvgIpc) is 2.36. The molecule has 2 heterocycles. The van der Waals surface area contributed by atoms with Crippen LogP contribution in [0.1, 0.15) is 5.82 Å². The summed E-state index contributed by atoms with van der Waals surface area (Å²) in [5.74, 6) is 0.795. The molecule has 51 valence electrons. The fraction of sp³-hybridized carbons (Fsp3) is 0.333. The van der Waals surface area contributed by atoms with E-state index in [0.29, 0.717) is 0 Å². The van der Waals surface area contributed by atoms with Crippen LogP contribution in [0, 0.1) is 6.07 Å². The van der Waals surface area contributed by atoms with Crippen LogP contribution in [0.3, 0.4) is 0 Å². The van der Waals surface area contributed by atoms with Crippen molar-refractivity contribution < 1.29 is 0 Å². The number of aromatic nitrogens is 2. The highest BCUT2D eigenvalue weighted by atomic mass is 16.1. The van der Waals surface area contributed by atoms with Gasteiger partial charge in [-0.2, -0.15) is 0 Å². The Balaban J connectivity index is 2.70. The maximum atomic E-state index is 10.9. The Labute approximate surface area is 57.5 Å². The molecule has 0 fully saturated rings. The molecule has 1 aromatic heterocycles. The van der Waals surface area contributed by atoms with E-state index in [1.165, 1.54) is 10.9 Å². The van der Waals surface area contributed by atoms with Crippen molar-refractivity contribution in [2.45, 2.75) is 6.42 Å². The van der Waals surface area contributed by atoms with Crippen molar-refractivity contribution >= 4 is 0 Å². The number of nitrogens with zero attached hydrogens (tertiary/aromatic N) is 2. The number of rotatable bonds is 0. The first kappa shape index (κ1) is 5.46. The zero-order chi connectivity index (χ0) is 6.97. The highest BCUT2D eigenvalue weighted by Gasteiger charge is 2.09. The van der Waals surface area contributed by atoms with Gasteiger partial charge in [0.2, 0.25) is 0 Å². The third-order valence-electron chi connectivity index (χ3n) is 1.48.